The minimum absolute atomic E-state index is 0.0102. The molecule has 4 atom stereocenters. The third-order valence-corrected chi connectivity index (χ3v) is 8.00. The molecule has 0 saturated heterocycles. The van der Waals surface area contributed by atoms with Crippen LogP contribution in [0.3, 0.4) is 0 Å². The molecule has 2 heterocycles. The lowest BCUT2D eigenvalue weighted by Gasteiger charge is -2.38. The Labute approximate surface area is 240 Å². The number of rotatable bonds is 8. The Kier molecular flexibility index (Phi) is 7.52. The number of carbonyl (C=O) groups is 3. The van der Waals surface area contributed by atoms with Gasteiger partial charge in [0.1, 0.15) is 22.1 Å². The van der Waals surface area contributed by atoms with E-state index in [9.17, 15) is 24.6 Å². The molecule has 1 aliphatic carbocycles. The van der Waals surface area contributed by atoms with Crippen molar-refractivity contribution >= 4 is 29.1 Å². The highest BCUT2D eigenvalue weighted by molar-refractivity contribution is 6.35. The molecule has 0 saturated carbocycles. The first-order valence-corrected chi connectivity index (χ1v) is 13.4. The number of fused-ring (bicyclic) bond motifs is 2. The van der Waals surface area contributed by atoms with Crippen LogP contribution < -0.4 is 29.0 Å². The molecule has 3 aliphatic rings. The molecule has 2 aromatic rings. The van der Waals surface area contributed by atoms with Crippen molar-refractivity contribution in [3.63, 3.8) is 0 Å². The Morgan fingerprint density at radius 2 is 1.88 bits per heavy atom. The van der Waals surface area contributed by atoms with Gasteiger partial charge in [-0.1, -0.05) is 24.6 Å². The minimum atomic E-state index is -2.00. The summed E-state index contributed by atoms with van der Waals surface area (Å²) in [6, 6.07) is 6.38. The van der Waals surface area contributed by atoms with E-state index in [2.05, 4.69) is 5.32 Å². The number of aliphatic hydroxyl groups excluding tert-OH is 2. The summed E-state index contributed by atoms with van der Waals surface area (Å²) in [6.07, 6.45) is -1.23. The van der Waals surface area contributed by atoms with Gasteiger partial charge in [0.05, 0.1) is 20.3 Å². The van der Waals surface area contributed by atoms with E-state index in [1.54, 1.807) is 25.1 Å². The number of methoxy groups -OCH3 is 2. The molecule has 0 radical (unpaired) electrons. The zero-order chi connectivity index (χ0) is 29.6. The highest BCUT2D eigenvalue weighted by Gasteiger charge is 2.61. The van der Waals surface area contributed by atoms with E-state index in [0.29, 0.717) is 17.1 Å². The summed E-state index contributed by atoms with van der Waals surface area (Å²) in [5.41, 5.74) is -1.65. The maximum atomic E-state index is 14.1. The van der Waals surface area contributed by atoms with Gasteiger partial charge in [0.15, 0.2) is 28.8 Å². The molecule has 218 valence electrons. The average molecular weight is 588 g/mol. The van der Waals surface area contributed by atoms with E-state index in [1.165, 1.54) is 27.2 Å². The van der Waals surface area contributed by atoms with Crippen molar-refractivity contribution in [1.82, 2.24) is 5.32 Å². The zero-order valence-electron chi connectivity index (χ0n) is 22.9. The molecule has 5 rings (SSSR count). The van der Waals surface area contributed by atoms with Crippen LogP contribution in [0.15, 0.2) is 35.6 Å². The second kappa shape index (κ2) is 10.8. The van der Waals surface area contributed by atoms with Crippen molar-refractivity contribution in [3.05, 3.63) is 51.7 Å². The topological polar surface area (TPSA) is 150 Å². The van der Waals surface area contributed by atoms with Crippen LogP contribution in [-0.2, 0) is 9.59 Å². The van der Waals surface area contributed by atoms with Crippen molar-refractivity contribution in [2.24, 2.45) is 5.92 Å². The first-order chi connectivity index (χ1) is 19.5. The van der Waals surface area contributed by atoms with E-state index in [0.717, 1.165) is 0 Å². The molecule has 0 aromatic heterocycles. The van der Waals surface area contributed by atoms with Gasteiger partial charge >= 0.3 is 0 Å². The lowest BCUT2D eigenvalue weighted by atomic mass is 9.69. The standard InChI is InChI=1S/C29H30ClNO10/c1-13-7-17(33)23(16(9-22(34)31-11-14(2)32)15-5-6-18-19(8-15)40-12-39-18)27(35)29(13)28(36)24-20(37-3)10-21(38-4)25(30)26(24)41-29/h5-6,8,10,13-14,16,32,35H,7,9,11-12H2,1-4H3,(H,31,34)/t13-,14-,16?,29+/m1/s1. The number of ketones is 2. The number of aliphatic hydroxyl groups is 2. The molecule has 1 spiro atoms. The molecule has 1 amide bonds. The van der Waals surface area contributed by atoms with Crippen LogP contribution in [0.4, 0.5) is 0 Å². The monoisotopic (exact) mass is 587 g/mol. The van der Waals surface area contributed by atoms with Crippen LogP contribution in [0, 0.1) is 5.92 Å². The molecule has 41 heavy (non-hydrogen) atoms. The van der Waals surface area contributed by atoms with Crippen LogP contribution in [-0.4, -0.2) is 66.9 Å². The lowest BCUT2D eigenvalue weighted by Crippen LogP contribution is -2.53. The highest BCUT2D eigenvalue weighted by atomic mass is 35.5. The molecule has 0 fully saturated rings. The fourth-order valence-electron chi connectivity index (χ4n) is 5.57. The van der Waals surface area contributed by atoms with E-state index in [1.807, 2.05) is 0 Å². The van der Waals surface area contributed by atoms with Crippen molar-refractivity contribution in [2.45, 2.75) is 44.3 Å². The number of hydrogen-bond acceptors (Lipinski definition) is 10. The van der Waals surface area contributed by atoms with Gasteiger partial charge in [-0.15, -0.1) is 0 Å². The summed E-state index contributed by atoms with van der Waals surface area (Å²) in [6.45, 7) is 3.15. The summed E-state index contributed by atoms with van der Waals surface area (Å²) < 4.78 is 27.9. The number of Topliss-reactive ketones (excluding diaryl/α,β-unsaturated/α-hetero) is 2. The van der Waals surface area contributed by atoms with Gasteiger partial charge in [-0.25, -0.2) is 0 Å². The molecular weight excluding hydrogens is 558 g/mol. The minimum Gasteiger partial charge on any atom is -0.507 e. The van der Waals surface area contributed by atoms with Crippen LogP contribution in [0.5, 0.6) is 28.7 Å². The van der Waals surface area contributed by atoms with Gasteiger partial charge in [0, 0.05) is 42.9 Å². The quantitative estimate of drug-likeness (QED) is 0.419. The third-order valence-electron chi connectivity index (χ3n) is 7.64. The van der Waals surface area contributed by atoms with Crippen molar-refractivity contribution in [2.75, 3.05) is 27.6 Å². The average Bonchev–Trinajstić information content (AvgIpc) is 3.54. The summed E-state index contributed by atoms with van der Waals surface area (Å²) in [5.74, 6) is -2.77. The molecule has 0 bridgehead atoms. The maximum Gasteiger partial charge on any atom is 0.231 e. The normalized spacial score (nSPS) is 22.3. The Bertz CT molecular complexity index is 1470. The number of ether oxygens (including phenoxy) is 5. The largest absolute Gasteiger partial charge is 0.507 e. The smallest absolute Gasteiger partial charge is 0.231 e. The van der Waals surface area contributed by atoms with Gasteiger partial charge < -0.3 is 39.2 Å². The van der Waals surface area contributed by atoms with Crippen molar-refractivity contribution < 1.29 is 48.3 Å². The van der Waals surface area contributed by atoms with Gasteiger partial charge in [-0.3, -0.25) is 14.4 Å². The number of carbonyl (C=O) groups excluding carboxylic acids is 3. The summed E-state index contributed by atoms with van der Waals surface area (Å²) in [4.78, 5) is 40.8. The maximum absolute atomic E-state index is 14.1. The van der Waals surface area contributed by atoms with E-state index < -0.39 is 46.8 Å². The molecule has 2 aliphatic heterocycles. The Morgan fingerprint density at radius 1 is 1.17 bits per heavy atom. The number of allylic oxidation sites excluding steroid dienone is 1. The van der Waals surface area contributed by atoms with Gasteiger partial charge in [-0.2, -0.15) is 0 Å². The first kappa shape index (κ1) is 28.6. The number of amides is 1. The van der Waals surface area contributed by atoms with Crippen LogP contribution >= 0.6 is 11.6 Å². The predicted octanol–water partition coefficient (Wildman–Crippen LogP) is 3.49. The van der Waals surface area contributed by atoms with Gasteiger partial charge in [0.2, 0.25) is 24.1 Å². The third kappa shape index (κ3) is 4.62. The summed E-state index contributed by atoms with van der Waals surface area (Å²) >= 11 is 6.53. The second-order valence-corrected chi connectivity index (χ2v) is 10.7. The Morgan fingerprint density at radius 3 is 2.56 bits per heavy atom. The summed E-state index contributed by atoms with van der Waals surface area (Å²) in [7, 11) is 2.77. The Hall–Kier alpha value is -3.96. The van der Waals surface area contributed by atoms with Crippen molar-refractivity contribution in [3.8, 4) is 28.7 Å². The zero-order valence-corrected chi connectivity index (χ0v) is 23.7. The molecule has 12 heteroatoms. The molecule has 2 aromatic carbocycles. The van der Waals surface area contributed by atoms with E-state index >= 15 is 0 Å². The molecule has 3 N–H and O–H groups in total. The lowest BCUT2D eigenvalue weighted by molar-refractivity contribution is -0.122. The predicted molar refractivity (Wildman–Crippen MR) is 145 cm³/mol. The van der Waals surface area contributed by atoms with E-state index in [-0.39, 0.29) is 59.6 Å². The summed E-state index contributed by atoms with van der Waals surface area (Å²) in [5, 5.41) is 24.2. The van der Waals surface area contributed by atoms with Gasteiger partial charge in [0.25, 0.3) is 0 Å². The molecular formula is C29H30ClNO10. The van der Waals surface area contributed by atoms with Gasteiger partial charge in [-0.05, 0) is 24.6 Å². The first-order valence-electron chi connectivity index (χ1n) is 13.0. The highest BCUT2D eigenvalue weighted by Crippen LogP contribution is 2.56. The molecule has 1 unspecified atom stereocenters. The second-order valence-electron chi connectivity index (χ2n) is 10.3. The fraction of sp³-hybridized carbons (Fsp3) is 0.414. The number of benzene rings is 2. The molecule has 11 nitrogen and oxygen atoms in total. The number of hydrogen-bond donors (Lipinski definition) is 3. The fourth-order valence-corrected chi connectivity index (χ4v) is 5.84. The van der Waals surface area contributed by atoms with Crippen LogP contribution in [0.2, 0.25) is 5.02 Å². The Balaban J connectivity index is 1.66. The number of nitrogens with one attached hydrogen (secondary N) is 1. The SMILES string of the molecule is COc1cc(OC)c2c(c1Cl)O[C@]1(C2=O)C(O)=C(C(CC(=O)NC[C@@H](C)O)c2ccc3c(c2)OCO3)C(=O)C[C@H]1C. The number of halogens is 1. The van der Waals surface area contributed by atoms with Crippen LogP contribution in [0.1, 0.15) is 48.5 Å². The van der Waals surface area contributed by atoms with Crippen molar-refractivity contribution in [1.29, 1.82) is 0 Å². The van der Waals surface area contributed by atoms with E-state index in [4.69, 9.17) is 35.3 Å². The van der Waals surface area contributed by atoms with Crippen LogP contribution in [0.25, 0.3) is 0 Å².